The lowest BCUT2D eigenvalue weighted by molar-refractivity contribution is -0.149. The number of nitrogens with two attached hydrogens (primary N) is 3. The van der Waals surface area contributed by atoms with Crippen molar-refractivity contribution in [1.82, 2.24) is 15.5 Å². The summed E-state index contributed by atoms with van der Waals surface area (Å²) >= 11 is 0. The highest BCUT2D eigenvalue weighted by Gasteiger charge is 2.39. The molecule has 0 aromatic heterocycles. The molecule has 4 unspecified atom stereocenters. The van der Waals surface area contributed by atoms with E-state index in [0.29, 0.717) is 25.8 Å². The van der Waals surface area contributed by atoms with Gasteiger partial charge in [-0.2, -0.15) is 0 Å². The first-order chi connectivity index (χ1) is 16.0. The number of carboxylic acid groups (broad SMARTS) is 2. The van der Waals surface area contributed by atoms with E-state index in [9.17, 15) is 33.9 Å². The zero-order valence-corrected chi connectivity index (χ0v) is 18.9. The smallest absolute Gasteiger partial charge is 0.326 e. The molecule has 192 valence electrons. The number of unbranched alkanes of at least 4 members (excludes halogenated alkanes) is 1. The van der Waals surface area contributed by atoms with Crippen LogP contribution in [-0.2, 0) is 28.8 Å². The highest BCUT2D eigenvalue weighted by atomic mass is 16.4. The summed E-state index contributed by atoms with van der Waals surface area (Å²) < 4.78 is 0. The van der Waals surface area contributed by atoms with Crippen molar-refractivity contribution in [3.8, 4) is 0 Å². The molecular formula is C20H34N6O8. The van der Waals surface area contributed by atoms with Crippen molar-refractivity contribution in [2.75, 3.05) is 13.1 Å². The molecule has 0 radical (unpaired) electrons. The summed E-state index contributed by atoms with van der Waals surface area (Å²) in [6.07, 6.45) is 0.773. The van der Waals surface area contributed by atoms with Crippen LogP contribution < -0.4 is 27.8 Å². The molecule has 0 aromatic rings. The minimum atomic E-state index is -1.42. The van der Waals surface area contributed by atoms with Gasteiger partial charge >= 0.3 is 11.9 Å². The van der Waals surface area contributed by atoms with Gasteiger partial charge in [-0.25, -0.2) is 4.79 Å². The second-order valence-electron chi connectivity index (χ2n) is 8.14. The Kier molecular flexibility index (Phi) is 11.9. The molecule has 1 saturated heterocycles. The molecule has 1 aliphatic rings. The first-order valence-corrected chi connectivity index (χ1v) is 11.1. The summed E-state index contributed by atoms with van der Waals surface area (Å²) in [5.74, 6) is -5.52. The molecule has 0 bridgehead atoms. The minimum Gasteiger partial charge on any atom is -0.481 e. The highest BCUT2D eigenvalue weighted by molar-refractivity contribution is 5.96. The number of hydrogen-bond donors (Lipinski definition) is 7. The van der Waals surface area contributed by atoms with Crippen LogP contribution in [-0.4, -0.2) is 87.9 Å². The number of amides is 4. The van der Waals surface area contributed by atoms with Crippen LogP contribution >= 0.6 is 0 Å². The molecule has 4 atom stereocenters. The molecule has 14 nitrogen and oxygen atoms in total. The van der Waals surface area contributed by atoms with E-state index in [-0.39, 0.29) is 32.2 Å². The number of aliphatic carboxylic acids is 2. The fraction of sp³-hybridized carbons (Fsp3) is 0.700. The van der Waals surface area contributed by atoms with Gasteiger partial charge in [0.25, 0.3) is 0 Å². The highest BCUT2D eigenvalue weighted by Crippen LogP contribution is 2.19. The van der Waals surface area contributed by atoms with E-state index in [2.05, 4.69) is 10.6 Å². The first kappa shape index (κ1) is 28.8. The summed E-state index contributed by atoms with van der Waals surface area (Å²) in [5.41, 5.74) is 16.4. The molecule has 0 aromatic carbocycles. The third kappa shape index (κ3) is 9.31. The molecule has 10 N–H and O–H groups in total. The molecule has 1 heterocycles. The van der Waals surface area contributed by atoms with Gasteiger partial charge in [0.2, 0.25) is 23.6 Å². The first-order valence-electron chi connectivity index (χ1n) is 11.1. The Hall–Kier alpha value is -3.26. The van der Waals surface area contributed by atoms with Crippen molar-refractivity contribution in [3.63, 3.8) is 0 Å². The van der Waals surface area contributed by atoms with Crippen molar-refractivity contribution in [2.24, 2.45) is 17.2 Å². The molecule has 4 amide bonds. The average molecular weight is 487 g/mol. The van der Waals surface area contributed by atoms with Crippen molar-refractivity contribution < 1.29 is 39.0 Å². The summed E-state index contributed by atoms with van der Waals surface area (Å²) in [6.45, 7) is 0.491. The van der Waals surface area contributed by atoms with Gasteiger partial charge in [-0.3, -0.25) is 24.0 Å². The normalized spacial score (nSPS) is 17.9. The lowest BCUT2D eigenvalue weighted by Gasteiger charge is -2.28. The van der Waals surface area contributed by atoms with E-state index in [0.717, 1.165) is 4.90 Å². The Morgan fingerprint density at radius 3 is 2.18 bits per heavy atom. The number of carbonyl (C=O) groups excluding carboxylic acids is 4. The summed E-state index contributed by atoms with van der Waals surface area (Å²) in [6, 6.07) is -4.82. The fourth-order valence-corrected chi connectivity index (χ4v) is 3.61. The van der Waals surface area contributed by atoms with Crippen molar-refractivity contribution in [3.05, 3.63) is 0 Å². The number of carbonyl (C=O) groups is 6. The van der Waals surface area contributed by atoms with Gasteiger partial charge in [0, 0.05) is 13.0 Å². The van der Waals surface area contributed by atoms with E-state index in [4.69, 9.17) is 22.3 Å². The fourth-order valence-electron chi connectivity index (χ4n) is 3.61. The standard InChI is InChI=1S/C20H34N6O8/c21-8-2-1-4-12(24-17(30)11(22)6-7-16(28)29)18(31)25-13(10-15(23)27)19(32)26-9-3-5-14(26)20(33)34/h11-14H,1-10,21-22H2,(H2,23,27)(H,24,30)(H,25,31)(H,28,29)(H,33,34). The van der Waals surface area contributed by atoms with Crippen LogP contribution in [0.15, 0.2) is 0 Å². The van der Waals surface area contributed by atoms with E-state index in [1.807, 2.05) is 0 Å². The lowest BCUT2D eigenvalue weighted by atomic mass is 10.0. The molecule has 14 heteroatoms. The lowest BCUT2D eigenvalue weighted by Crippen LogP contribution is -2.57. The van der Waals surface area contributed by atoms with Crippen LogP contribution in [0.25, 0.3) is 0 Å². The average Bonchev–Trinajstić information content (AvgIpc) is 3.25. The predicted molar refractivity (Wildman–Crippen MR) is 118 cm³/mol. The number of likely N-dealkylation sites (tertiary alicyclic amines) is 1. The largest absolute Gasteiger partial charge is 0.481 e. The summed E-state index contributed by atoms with van der Waals surface area (Å²) in [4.78, 5) is 73.1. The Bertz CT molecular complexity index is 776. The van der Waals surface area contributed by atoms with E-state index < -0.39 is 66.2 Å². The molecular weight excluding hydrogens is 452 g/mol. The van der Waals surface area contributed by atoms with Gasteiger partial charge in [-0.1, -0.05) is 0 Å². The Labute approximate surface area is 196 Å². The number of hydrogen-bond acceptors (Lipinski definition) is 8. The number of primary amides is 1. The molecule has 0 aliphatic carbocycles. The third-order valence-corrected chi connectivity index (χ3v) is 5.43. The van der Waals surface area contributed by atoms with Crippen LogP contribution in [0.3, 0.4) is 0 Å². The van der Waals surface area contributed by atoms with Crippen molar-refractivity contribution >= 4 is 35.6 Å². The Morgan fingerprint density at radius 2 is 1.62 bits per heavy atom. The van der Waals surface area contributed by atoms with Crippen molar-refractivity contribution in [2.45, 2.75) is 75.5 Å². The van der Waals surface area contributed by atoms with Crippen LogP contribution in [0, 0.1) is 0 Å². The van der Waals surface area contributed by atoms with Crippen LogP contribution in [0.5, 0.6) is 0 Å². The zero-order chi connectivity index (χ0) is 25.8. The molecule has 1 fully saturated rings. The topological polar surface area (TPSA) is 248 Å². The quantitative estimate of drug-likeness (QED) is 0.117. The van der Waals surface area contributed by atoms with Gasteiger partial charge in [-0.15, -0.1) is 0 Å². The van der Waals surface area contributed by atoms with Crippen LogP contribution in [0.1, 0.15) is 51.4 Å². The number of nitrogens with zero attached hydrogens (tertiary/aromatic N) is 1. The van der Waals surface area contributed by atoms with E-state index >= 15 is 0 Å². The monoisotopic (exact) mass is 486 g/mol. The molecule has 1 rings (SSSR count). The van der Waals surface area contributed by atoms with Gasteiger partial charge in [0.1, 0.15) is 18.1 Å². The van der Waals surface area contributed by atoms with E-state index in [1.54, 1.807) is 0 Å². The second-order valence-corrected chi connectivity index (χ2v) is 8.14. The predicted octanol–water partition coefficient (Wildman–Crippen LogP) is -2.77. The van der Waals surface area contributed by atoms with Gasteiger partial charge < -0.3 is 42.9 Å². The maximum absolute atomic E-state index is 13.0. The minimum absolute atomic E-state index is 0.138. The zero-order valence-electron chi connectivity index (χ0n) is 18.9. The molecule has 1 aliphatic heterocycles. The summed E-state index contributed by atoms with van der Waals surface area (Å²) in [5, 5.41) is 22.9. The Morgan fingerprint density at radius 1 is 0.971 bits per heavy atom. The van der Waals surface area contributed by atoms with E-state index in [1.165, 1.54) is 0 Å². The van der Waals surface area contributed by atoms with Crippen LogP contribution in [0.4, 0.5) is 0 Å². The maximum atomic E-state index is 13.0. The SMILES string of the molecule is NCCCCC(NC(=O)C(N)CCC(=O)O)C(=O)NC(CC(N)=O)C(=O)N1CCCC1C(=O)O. The van der Waals surface area contributed by atoms with Gasteiger partial charge in [0.05, 0.1) is 12.5 Å². The van der Waals surface area contributed by atoms with Gasteiger partial charge in [0.15, 0.2) is 0 Å². The maximum Gasteiger partial charge on any atom is 0.326 e. The van der Waals surface area contributed by atoms with Crippen LogP contribution in [0.2, 0.25) is 0 Å². The molecule has 34 heavy (non-hydrogen) atoms. The molecule has 0 spiro atoms. The number of rotatable bonds is 15. The van der Waals surface area contributed by atoms with Crippen molar-refractivity contribution in [1.29, 1.82) is 0 Å². The number of carboxylic acids is 2. The Balaban J connectivity index is 2.97. The second kappa shape index (κ2) is 14.1. The third-order valence-electron chi connectivity index (χ3n) is 5.43. The van der Waals surface area contributed by atoms with Gasteiger partial charge in [-0.05, 0) is 45.1 Å². The molecule has 0 saturated carbocycles. The number of nitrogens with one attached hydrogen (secondary N) is 2. The summed E-state index contributed by atoms with van der Waals surface area (Å²) in [7, 11) is 0.